The fourth-order valence-corrected chi connectivity index (χ4v) is 1.88. The number of nitriles is 1. The number of hydrogen-bond donors (Lipinski definition) is 0. The first-order chi connectivity index (χ1) is 8.40. The molecular formula is C14H8N2O. The zero-order chi connectivity index (χ0) is 11.7. The summed E-state index contributed by atoms with van der Waals surface area (Å²) in [5.41, 5.74) is 3.09. The Hall–Kier alpha value is -2.60. The lowest BCUT2D eigenvalue weighted by Crippen LogP contribution is -1.80. The average Bonchev–Trinajstić information content (AvgIpc) is 2.78. The van der Waals surface area contributed by atoms with Gasteiger partial charge in [0.1, 0.15) is 11.6 Å². The molecule has 0 aliphatic rings. The predicted molar refractivity (Wildman–Crippen MR) is 64.2 cm³/mol. The van der Waals surface area contributed by atoms with E-state index in [0.717, 1.165) is 16.6 Å². The van der Waals surface area contributed by atoms with E-state index in [9.17, 15) is 0 Å². The SMILES string of the molecule is N#Cc1oc2cccnc2c1-c1ccccc1. The van der Waals surface area contributed by atoms with Gasteiger partial charge in [0.05, 0.1) is 5.56 Å². The fraction of sp³-hybridized carbons (Fsp3) is 0. The molecule has 0 atom stereocenters. The molecular weight excluding hydrogens is 212 g/mol. The average molecular weight is 220 g/mol. The molecule has 0 amide bonds. The van der Waals surface area contributed by atoms with Gasteiger partial charge in [-0.25, -0.2) is 0 Å². The van der Waals surface area contributed by atoms with Gasteiger partial charge < -0.3 is 4.42 Å². The van der Waals surface area contributed by atoms with Crippen LogP contribution in [-0.4, -0.2) is 4.98 Å². The minimum Gasteiger partial charge on any atom is -0.443 e. The van der Waals surface area contributed by atoms with Crippen molar-refractivity contribution in [3.63, 3.8) is 0 Å². The summed E-state index contributed by atoms with van der Waals surface area (Å²) in [5.74, 6) is 0.310. The van der Waals surface area contributed by atoms with Gasteiger partial charge in [-0.2, -0.15) is 5.26 Å². The van der Waals surface area contributed by atoms with Crippen LogP contribution in [0.15, 0.2) is 53.1 Å². The maximum Gasteiger partial charge on any atom is 0.214 e. The second-order valence-electron chi connectivity index (χ2n) is 3.63. The number of rotatable bonds is 1. The molecule has 17 heavy (non-hydrogen) atoms. The molecule has 2 heterocycles. The van der Waals surface area contributed by atoms with E-state index in [1.165, 1.54) is 0 Å². The van der Waals surface area contributed by atoms with Crippen LogP contribution in [0.1, 0.15) is 5.76 Å². The van der Waals surface area contributed by atoms with Gasteiger partial charge in [-0.1, -0.05) is 30.3 Å². The Balaban J connectivity index is 2.39. The van der Waals surface area contributed by atoms with Gasteiger partial charge >= 0.3 is 0 Å². The van der Waals surface area contributed by atoms with E-state index in [1.54, 1.807) is 12.3 Å². The third kappa shape index (κ3) is 1.47. The van der Waals surface area contributed by atoms with Crippen molar-refractivity contribution in [1.82, 2.24) is 4.98 Å². The van der Waals surface area contributed by atoms with Crippen LogP contribution in [0.3, 0.4) is 0 Å². The van der Waals surface area contributed by atoms with E-state index in [0.29, 0.717) is 11.3 Å². The van der Waals surface area contributed by atoms with Crippen molar-refractivity contribution in [2.75, 3.05) is 0 Å². The molecule has 0 bridgehead atoms. The summed E-state index contributed by atoms with van der Waals surface area (Å²) in [6.07, 6.45) is 1.70. The third-order valence-corrected chi connectivity index (χ3v) is 2.61. The molecule has 0 saturated heterocycles. The van der Waals surface area contributed by atoms with E-state index in [2.05, 4.69) is 11.1 Å². The van der Waals surface area contributed by atoms with Gasteiger partial charge in [-0.3, -0.25) is 4.98 Å². The molecule has 0 fully saturated rings. The molecule has 0 aliphatic carbocycles. The van der Waals surface area contributed by atoms with Gasteiger partial charge in [0.15, 0.2) is 5.58 Å². The van der Waals surface area contributed by atoms with Crippen LogP contribution in [-0.2, 0) is 0 Å². The van der Waals surface area contributed by atoms with Gasteiger partial charge in [-0.15, -0.1) is 0 Å². The maximum atomic E-state index is 9.11. The van der Waals surface area contributed by atoms with Crippen LogP contribution in [0.2, 0.25) is 0 Å². The minimum absolute atomic E-state index is 0.310. The molecule has 3 rings (SSSR count). The standard InChI is InChI=1S/C14H8N2O/c15-9-12-13(10-5-2-1-3-6-10)14-11(17-12)7-4-8-16-14/h1-8H. The summed E-state index contributed by atoms with van der Waals surface area (Å²) in [7, 11) is 0. The summed E-state index contributed by atoms with van der Waals surface area (Å²) in [4.78, 5) is 4.28. The minimum atomic E-state index is 0.310. The lowest BCUT2D eigenvalue weighted by molar-refractivity contribution is 0.600. The highest BCUT2D eigenvalue weighted by Crippen LogP contribution is 2.32. The summed E-state index contributed by atoms with van der Waals surface area (Å²) < 4.78 is 5.48. The Morgan fingerprint density at radius 2 is 1.88 bits per heavy atom. The van der Waals surface area contributed by atoms with Crippen molar-refractivity contribution >= 4 is 11.1 Å². The second kappa shape index (κ2) is 3.76. The molecule has 2 aromatic heterocycles. The van der Waals surface area contributed by atoms with Crippen LogP contribution in [0.4, 0.5) is 0 Å². The molecule has 3 aromatic rings. The van der Waals surface area contributed by atoms with Gasteiger partial charge in [0, 0.05) is 6.20 Å². The molecule has 3 nitrogen and oxygen atoms in total. The summed E-state index contributed by atoms with van der Waals surface area (Å²) in [6, 6.07) is 15.4. The zero-order valence-corrected chi connectivity index (χ0v) is 8.92. The molecule has 3 heteroatoms. The molecule has 0 N–H and O–H groups in total. The topological polar surface area (TPSA) is 49.8 Å². The highest BCUT2D eigenvalue weighted by Gasteiger charge is 2.15. The first-order valence-electron chi connectivity index (χ1n) is 5.23. The van der Waals surface area contributed by atoms with Crippen LogP contribution in [0.25, 0.3) is 22.2 Å². The Morgan fingerprint density at radius 3 is 2.65 bits per heavy atom. The molecule has 0 radical (unpaired) electrons. The predicted octanol–water partition coefficient (Wildman–Crippen LogP) is 3.37. The lowest BCUT2D eigenvalue weighted by Gasteiger charge is -1.97. The molecule has 0 aliphatic heterocycles. The van der Waals surface area contributed by atoms with Crippen LogP contribution < -0.4 is 0 Å². The normalized spacial score (nSPS) is 10.3. The lowest BCUT2D eigenvalue weighted by atomic mass is 10.1. The number of aromatic nitrogens is 1. The van der Waals surface area contributed by atoms with Crippen molar-refractivity contribution in [1.29, 1.82) is 5.26 Å². The van der Waals surface area contributed by atoms with Crippen LogP contribution in [0, 0.1) is 11.3 Å². The maximum absolute atomic E-state index is 9.11. The highest BCUT2D eigenvalue weighted by molar-refractivity contribution is 5.93. The monoisotopic (exact) mass is 220 g/mol. The van der Waals surface area contributed by atoms with E-state index in [-0.39, 0.29) is 0 Å². The Labute approximate surface area is 97.9 Å². The van der Waals surface area contributed by atoms with E-state index < -0.39 is 0 Å². The van der Waals surface area contributed by atoms with E-state index >= 15 is 0 Å². The molecule has 0 saturated carbocycles. The number of furan rings is 1. The number of benzene rings is 1. The van der Waals surface area contributed by atoms with Crippen molar-refractivity contribution in [2.45, 2.75) is 0 Å². The number of pyridine rings is 1. The molecule has 1 aromatic carbocycles. The summed E-state index contributed by atoms with van der Waals surface area (Å²) >= 11 is 0. The second-order valence-corrected chi connectivity index (χ2v) is 3.63. The highest BCUT2D eigenvalue weighted by atomic mass is 16.3. The Bertz CT molecular complexity index is 708. The molecule has 0 unspecified atom stereocenters. The molecule has 80 valence electrons. The number of nitrogens with zero attached hydrogens (tertiary/aromatic N) is 2. The van der Waals surface area contributed by atoms with E-state index in [1.807, 2.05) is 36.4 Å². The zero-order valence-electron chi connectivity index (χ0n) is 8.92. The first-order valence-corrected chi connectivity index (χ1v) is 5.23. The smallest absolute Gasteiger partial charge is 0.214 e. The van der Waals surface area contributed by atoms with Crippen LogP contribution >= 0.6 is 0 Å². The third-order valence-electron chi connectivity index (χ3n) is 2.61. The largest absolute Gasteiger partial charge is 0.443 e. The fourth-order valence-electron chi connectivity index (χ4n) is 1.88. The summed E-state index contributed by atoms with van der Waals surface area (Å²) in [5, 5.41) is 9.11. The quantitative estimate of drug-likeness (QED) is 0.631. The van der Waals surface area contributed by atoms with Gasteiger partial charge in [0.25, 0.3) is 0 Å². The van der Waals surface area contributed by atoms with Crippen molar-refractivity contribution in [3.05, 3.63) is 54.4 Å². The Morgan fingerprint density at radius 1 is 1.06 bits per heavy atom. The Kier molecular flexibility index (Phi) is 2.13. The van der Waals surface area contributed by atoms with Gasteiger partial charge in [0.2, 0.25) is 5.76 Å². The summed E-state index contributed by atoms with van der Waals surface area (Å²) in [6.45, 7) is 0. The van der Waals surface area contributed by atoms with Crippen molar-refractivity contribution in [3.8, 4) is 17.2 Å². The van der Waals surface area contributed by atoms with E-state index in [4.69, 9.17) is 9.68 Å². The number of hydrogen-bond acceptors (Lipinski definition) is 3. The molecule has 0 spiro atoms. The first kappa shape index (κ1) is 9.61. The van der Waals surface area contributed by atoms with Crippen molar-refractivity contribution < 1.29 is 4.42 Å². The van der Waals surface area contributed by atoms with Gasteiger partial charge in [-0.05, 0) is 17.7 Å². The van der Waals surface area contributed by atoms with Crippen molar-refractivity contribution in [2.24, 2.45) is 0 Å². The number of fused-ring (bicyclic) bond motifs is 1. The van der Waals surface area contributed by atoms with Crippen LogP contribution in [0.5, 0.6) is 0 Å².